The van der Waals surface area contributed by atoms with Crippen LogP contribution < -0.4 is 0 Å². The van der Waals surface area contributed by atoms with Gasteiger partial charge in [-0.25, -0.2) is 0 Å². The van der Waals surface area contributed by atoms with Gasteiger partial charge in [0.1, 0.15) is 0 Å². The Bertz CT molecular complexity index is 137. The van der Waals surface area contributed by atoms with E-state index in [0.29, 0.717) is 10.5 Å². The van der Waals surface area contributed by atoms with Crippen LogP contribution >= 0.6 is 10.5 Å². The highest BCUT2D eigenvalue weighted by Crippen LogP contribution is 2.35. The Morgan fingerprint density at radius 2 is 2.33 bits per heavy atom. The van der Waals surface area contributed by atoms with Gasteiger partial charge in [0, 0.05) is 0 Å². The van der Waals surface area contributed by atoms with E-state index in [4.69, 9.17) is 0 Å². The minimum atomic E-state index is 0.503. The smallest absolute Gasteiger partial charge is 0.0128 e. The molecule has 1 atom stereocenters. The van der Waals surface area contributed by atoms with Gasteiger partial charge in [0.25, 0.3) is 0 Å². The normalized spacial score (nSPS) is 34.7. The molecule has 0 radical (unpaired) electrons. The van der Waals surface area contributed by atoms with Crippen molar-refractivity contribution in [1.82, 2.24) is 0 Å². The Morgan fingerprint density at radius 3 is 2.50 bits per heavy atom. The van der Waals surface area contributed by atoms with Gasteiger partial charge < -0.3 is 0 Å². The van der Waals surface area contributed by atoms with Gasteiger partial charge in [-0.05, 0) is 27.8 Å². The summed E-state index contributed by atoms with van der Waals surface area (Å²) in [6.45, 7) is 0. The lowest BCUT2D eigenvalue weighted by Gasteiger charge is -1.96. The van der Waals surface area contributed by atoms with Gasteiger partial charge in [-0.1, -0.05) is 0 Å². The summed E-state index contributed by atoms with van der Waals surface area (Å²) < 4.78 is 0. The molecule has 0 aromatic rings. The third-order valence-electron chi connectivity index (χ3n) is 0.962. The van der Waals surface area contributed by atoms with E-state index in [-0.39, 0.29) is 0 Å². The molecule has 0 nitrogen and oxygen atoms in total. The van der Waals surface area contributed by atoms with E-state index in [2.05, 4.69) is 22.3 Å². The van der Waals surface area contributed by atoms with Crippen LogP contribution in [0.5, 0.6) is 0 Å². The third-order valence-corrected chi connectivity index (χ3v) is 2.50. The van der Waals surface area contributed by atoms with Gasteiger partial charge in [-0.15, -0.1) is 10.5 Å². The molecule has 6 heavy (non-hydrogen) atoms. The fourth-order valence-electron chi connectivity index (χ4n) is 0.618. The molecule has 3 aliphatic rings. The zero-order valence-corrected chi connectivity index (χ0v) is 4.03. The molecule has 0 N–H and O–H groups in total. The van der Waals surface area contributed by atoms with Crippen molar-refractivity contribution in [2.75, 3.05) is 0 Å². The van der Waals surface area contributed by atoms with Crippen LogP contribution in [0.2, 0.25) is 0 Å². The van der Waals surface area contributed by atoms with E-state index in [1.807, 2.05) is 0 Å². The number of hydrogen-bond donors (Lipinski definition) is 0. The van der Waals surface area contributed by atoms with Crippen LogP contribution in [0, 0.1) is 0 Å². The van der Waals surface area contributed by atoms with Gasteiger partial charge >= 0.3 is 0 Å². The van der Waals surface area contributed by atoms with E-state index in [1.165, 1.54) is 5.57 Å². The first-order valence-corrected chi connectivity index (χ1v) is 3.32. The Balaban J connectivity index is 2.70. The van der Waals surface area contributed by atoms with Crippen LogP contribution in [-0.4, -0.2) is 5.37 Å². The predicted octanol–water partition coefficient (Wildman–Crippen LogP) is 1.48. The molecule has 0 saturated carbocycles. The molecule has 0 aliphatic carbocycles. The molecule has 1 unspecified atom stereocenters. The monoisotopic (exact) mass is 96.0 g/mol. The first kappa shape index (κ1) is 2.80. The largest absolute Gasteiger partial charge is 0.137 e. The van der Waals surface area contributed by atoms with Gasteiger partial charge in [-0.2, -0.15) is 0 Å². The van der Waals surface area contributed by atoms with Crippen LogP contribution in [0.15, 0.2) is 22.5 Å². The van der Waals surface area contributed by atoms with E-state index in [9.17, 15) is 0 Å². The predicted molar refractivity (Wildman–Crippen MR) is 30.9 cm³/mol. The average molecular weight is 96.2 g/mol. The molecule has 30 valence electrons. The van der Waals surface area contributed by atoms with Crippen molar-refractivity contribution in [2.24, 2.45) is 0 Å². The summed E-state index contributed by atoms with van der Waals surface area (Å²) >= 11 is 0. The third kappa shape index (κ3) is 0.167. The summed E-state index contributed by atoms with van der Waals surface area (Å²) in [5, 5.41) is 6.79. The molecule has 0 aromatic heterocycles. The lowest BCUT2D eigenvalue weighted by atomic mass is 10.4. The average Bonchev–Trinajstić information content (AvgIpc) is 1.72. The number of hydrogen-bond acceptors (Lipinski definition) is 0. The second-order valence-corrected chi connectivity index (χ2v) is 3.01. The zero-order chi connectivity index (χ0) is 3.98. The lowest BCUT2D eigenvalue weighted by Crippen LogP contribution is -1.77. The maximum absolute atomic E-state index is 2.28. The first-order valence-electron chi connectivity index (χ1n) is 1.91. The quantitative estimate of drug-likeness (QED) is 0.401. The van der Waals surface area contributed by atoms with Crippen molar-refractivity contribution >= 4 is 15.9 Å². The van der Waals surface area contributed by atoms with Gasteiger partial charge in [0.15, 0.2) is 0 Å². The van der Waals surface area contributed by atoms with Gasteiger partial charge in [0.05, 0.1) is 0 Å². The summed E-state index contributed by atoms with van der Waals surface area (Å²) in [5.41, 5.74) is 1.43. The number of allylic oxidation sites excluding steroid dienone is 2. The zero-order valence-electron chi connectivity index (χ0n) is 3.22. The molecule has 0 spiro atoms. The molecule has 0 fully saturated rings. The maximum Gasteiger partial charge on any atom is -0.0128 e. The second-order valence-electron chi connectivity index (χ2n) is 1.45. The molecule has 0 aromatic carbocycles. The van der Waals surface area contributed by atoms with Crippen LogP contribution in [0.4, 0.5) is 0 Å². The summed E-state index contributed by atoms with van der Waals surface area (Å²) in [6, 6.07) is 0. The van der Waals surface area contributed by atoms with Crippen molar-refractivity contribution in [3.63, 3.8) is 0 Å². The Morgan fingerprint density at radius 1 is 1.50 bits per heavy atom. The molecular weight excluding hydrogens is 92.1 g/mol. The minimum Gasteiger partial charge on any atom is -0.137 e. The molecule has 1 heteroatoms. The van der Waals surface area contributed by atoms with Gasteiger partial charge in [0.2, 0.25) is 0 Å². The molecular formula is C5H4S. The summed E-state index contributed by atoms with van der Waals surface area (Å²) in [6.07, 6.45) is 2.17. The highest BCUT2D eigenvalue weighted by molar-refractivity contribution is 8.22. The van der Waals surface area contributed by atoms with Crippen molar-refractivity contribution in [3.8, 4) is 0 Å². The van der Waals surface area contributed by atoms with E-state index >= 15 is 0 Å². The lowest BCUT2D eigenvalue weighted by molar-refractivity contribution is 1.99. The van der Waals surface area contributed by atoms with E-state index in [0.717, 1.165) is 0 Å². The summed E-state index contributed by atoms with van der Waals surface area (Å²) in [7, 11) is 0.503. The molecule has 2 bridgehead atoms. The molecule has 3 heterocycles. The van der Waals surface area contributed by atoms with Crippen LogP contribution in [-0.2, 0) is 0 Å². The molecule has 3 aliphatic heterocycles. The Hall–Kier alpha value is -0.300. The van der Waals surface area contributed by atoms with Crippen LogP contribution in [0.1, 0.15) is 0 Å². The number of rotatable bonds is 0. The van der Waals surface area contributed by atoms with Crippen LogP contribution in [0.3, 0.4) is 0 Å². The van der Waals surface area contributed by atoms with Crippen molar-refractivity contribution in [2.45, 2.75) is 0 Å². The molecule has 0 saturated heterocycles. The fraction of sp³-hybridized carbons (Fsp3) is 0. The molecule has 0 amide bonds. The van der Waals surface area contributed by atoms with E-state index < -0.39 is 0 Å². The highest BCUT2D eigenvalue weighted by atomic mass is 32.2. The SMILES string of the molecule is C1=CS2=CC1=C2. The summed E-state index contributed by atoms with van der Waals surface area (Å²) in [5.74, 6) is 0. The minimum absolute atomic E-state index is 0.503. The van der Waals surface area contributed by atoms with Crippen molar-refractivity contribution in [1.29, 1.82) is 0 Å². The van der Waals surface area contributed by atoms with Crippen molar-refractivity contribution in [3.05, 3.63) is 22.5 Å². The topological polar surface area (TPSA) is 0 Å². The van der Waals surface area contributed by atoms with Crippen LogP contribution in [0.25, 0.3) is 0 Å². The Labute approximate surface area is 39.1 Å². The summed E-state index contributed by atoms with van der Waals surface area (Å²) in [4.78, 5) is 0. The first-order chi connectivity index (χ1) is 2.95. The van der Waals surface area contributed by atoms with Crippen molar-refractivity contribution < 1.29 is 0 Å². The standard InChI is InChI=1S/C5H4S/c1-2-6-3-5(1)4-6/h1-4H. The van der Waals surface area contributed by atoms with Gasteiger partial charge in [-0.3, -0.25) is 0 Å². The van der Waals surface area contributed by atoms with E-state index in [1.54, 1.807) is 0 Å². The highest BCUT2D eigenvalue weighted by Gasteiger charge is 2.06. The molecule has 3 rings (SSSR count). The maximum atomic E-state index is 2.28. The second kappa shape index (κ2) is 0.684. The fourth-order valence-corrected chi connectivity index (χ4v) is 1.85. The Kier molecular flexibility index (Phi) is 0.320.